The van der Waals surface area contributed by atoms with Gasteiger partial charge in [-0.15, -0.1) is 0 Å². The molecular weight excluding hydrogens is 308 g/mol. The van der Waals surface area contributed by atoms with E-state index >= 15 is 0 Å². The summed E-state index contributed by atoms with van der Waals surface area (Å²) in [4.78, 5) is 0. The Morgan fingerprint density at radius 3 is 1.76 bits per heavy atom. The molecule has 25 heavy (non-hydrogen) atoms. The van der Waals surface area contributed by atoms with Crippen molar-refractivity contribution >= 4 is 0 Å². The summed E-state index contributed by atoms with van der Waals surface area (Å²) in [7, 11) is 0. The van der Waals surface area contributed by atoms with Crippen molar-refractivity contribution < 1.29 is 9.47 Å². The number of rotatable bonds is 4. The largest absolute Gasteiger partial charge is 0.339 e. The summed E-state index contributed by atoms with van der Waals surface area (Å²) < 4.78 is 13.0. The summed E-state index contributed by atoms with van der Waals surface area (Å²) in [6.07, 6.45) is 10.6. The predicted octanol–water partition coefficient (Wildman–Crippen LogP) is 5.75. The van der Waals surface area contributed by atoms with Crippen LogP contribution < -0.4 is 0 Å². The third-order valence-corrected chi connectivity index (χ3v) is 4.93. The molecule has 0 saturated carbocycles. The van der Waals surface area contributed by atoms with E-state index < -0.39 is 5.79 Å². The standard InChI is InChI=1S/C23H24O2/c1-23(17-18-11-5-2-6-12-18)24-21(19-13-7-3-8-14-19)22(25-23)20-15-9-4-10-16-20/h3-16,18,21-22H,2,17H2,1H3/t21-,22-/m1/s1. The lowest BCUT2D eigenvalue weighted by Gasteiger charge is -2.26. The molecule has 0 spiro atoms. The second-order valence-corrected chi connectivity index (χ2v) is 6.99. The first-order valence-corrected chi connectivity index (χ1v) is 9.02. The Kier molecular flexibility index (Phi) is 4.56. The van der Waals surface area contributed by atoms with E-state index in [4.69, 9.17) is 9.47 Å². The monoisotopic (exact) mass is 332 g/mol. The van der Waals surface area contributed by atoms with Crippen molar-refractivity contribution in [1.29, 1.82) is 0 Å². The Morgan fingerprint density at radius 2 is 1.28 bits per heavy atom. The zero-order chi connectivity index (χ0) is 17.1. The highest BCUT2D eigenvalue weighted by Gasteiger charge is 2.46. The van der Waals surface area contributed by atoms with Crippen LogP contribution in [0.4, 0.5) is 0 Å². The quantitative estimate of drug-likeness (QED) is 0.663. The van der Waals surface area contributed by atoms with Gasteiger partial charge in [-0.1, -0.05) is 85.0 Å². The van der Waals surface area contributed by atoms with E-state index in [1.807, 2.05) is 12.1 Å². The average molecular weight is 332 g/mol. The molecule has 2 nitrogen and oxygen atoms in total. The van der Waals surface area contributed by atoms with Gasteiger partial charge in [0.1, 0.15) is 12.2 Å². The molecule has 1 saturated heterocycles. The van der Waals surface area contributed by atoms with Crippen molar-refractivity contribution in [2.24, 2.45) is 5.92 Å². The van der Waals surface area contributed by atoms with Crippen molar-refractivity contribution in [1.82, 2.24) is 0 Å². The van der Waals surface area contributed by atoms with Crippen molar-refractivity contribution in [3.8, 4) is 0 Å². The fourth-order valence-corrected chi connectivity index (χ4v) is 3.77. The summed E-state index contributed by atoms with van der Waals surface area (Å²) in [5, 5.41) is 0. The molecule has 2 aromatic rings. The molecule has 1 heterocycles. The maximum absolute atomic E-state index is 6.51. The van der Waals surface area contributed by atoms with Crippen molar-refractivity contribution in [3.05, 3.63) is 96.1 Å². The van der Waals surface area contributed by atoms with Crippen LogP contribution in [-0.4, -0.2) is 5.79 Å². The van der Waals surface area contributed by atoms with E-state index in [9.17, 15) is 0 Å². The van der Waals surface area contributed by atoms with Crippen LogP contribution in [0.1, 0.15) is 43.1 Å². The lowest BCUT2D eigenvalue weighted by Crippen LogP contribution is -2.28. The van der Waals surface area contributed by atoms with Gasteiger partial charge in [0.2, 0.25) is 0 Å². The smallest absolute Gasteiger partial charge is 0.168 e. The highest BCUT2D eigenvalue weighted by Crippen LogP contribution is 2.49. The van der Waals surface area contributed by atoms with Gasteiger partial charge >= 0.3 is 0 Å². The van der Waals surface area contributed by atoms with E-state index in [1.165, 1.54) is 0 Å². The molecule has 0 bridgehead atoms. The summed E-state index contributed by atoms with van der Waals surface area (Å²) in [5.74, 6) is -0.234. The Morgan fingerprint density at radius 1 is 0.800 bits per heavy atom. The third-order valence-electron chi connectivity index (χ3n) is 4.93. The summed E-state index contributed by atoms with van der Waals surface area (Å²) >= 11 is 0. The van der Waals surface area contributed by atoms with Crippen LogP contribution in [0.5, 0.6) is 0 Å². The second-order valence-electron chi connectivity index (χ2n) is 6.99. The predicted molar refractivity (Wildman–Crippen MR) is 99.9 cm³/mol. The van der Waals surface area contributed by atoms with Crippen molar-refractivity contribution in [3.63, 3.8) is 0 Å². The molecule has 2 aromatic carbocycles. The molecular formula is C23H24O2. The van der Waals surface area contributed by atoms with Gasteiger partial charge in [0, 0.05) is 6.42 Å². The van der Waals surface area contributed by atoms with Crippen molar-refractivity contribution in [2.45, 2.75) is 37.8 Å². The second kappa shape index (κ2) is 6.99. The first kappa shape index (κ1) is 16.3. The van der Waals surface area contributed by atoms with Crippen LogP contribution in [0.3, 0.4) is 0 Å². The molecule has 1 fully saturated rings. The number of benzene rings is 2. The first-order chi connectivity index (χ1) is 12.2. The SMILES string of the molecule is CC1(CC2C=CCC=C2)O[C@H](c2ccccc2)[C@@H](c2ccccc2)O1. The first-order valence-electron chi connectivity index (χ1n) is 9.02. The van der Waals surface area contributed by atoms with Gasteiger partial charge < -0.3 is 9.47 Å². The number of hydrogen-bond donors (Lipinski definition) is 0. The van der Waals surface area contributed by atoms with Crippen LogP contribution >= 0.6 is 0 Å². The molecule has 1 aliphatic heterocycles. The molecule has 1 aliphatic carbocycles. The molecule has 0 N–H and O–H groups in total. The normalized spacial score (nSPS) is 25.3. The molecule has 0 unspecified atom stereocenters. The minimum absolute atomic E-state index is 0.0925. The van der Waals surface area contributed by atoms with Crippen LogP contribution in [0.2, 0.25) is 0 Å². The topological polar surface area (TPSA) is 18.5 Å². The molecule has 0 aromatic heterocycles. The van der Waals surface area contributed by atoms with E-state index in [1.54, 1.807) is 0 Å². The van der Waals surface area contributed by atoms with Gasteiger partial charge in [0.15, 0.2) is 5.79 Å². The molecule has 2 heteroatoms. The number of allylic oxidation sites excluding steroid dienone is 4. The summed E-state index contributed by atoms with van der Waals surface area (Å²) in [5.41, 5.74) is 2.32. The van der Waals surface area contributed by atoms with Crippen LogP contribution in [0, 0.1) is 5.92 Å². The minimum Gasteiger partial charge on any atom is -0.339 e. The fourth-order valence-electron chi connectivity index (χ4n) is 3.77. The zero-order valence-electron chi connectivity index (χ0n) is 14.5. The van der Waals surface area contributed by atoms with Crippen LogP contribution in [0.25, 0.3) is 0 Å². The minimum atomic E-state index is -0.600. The van der Waals surface area contributed by atoms with E-state index in [2.05, 4.69) is 79.8 Å². The van der Waals surface area contributed by atoms with E-state index in [0.29, 0.717) is 5.92 Å². The van der Waals surface area contributed by atoms with Gasteiger partial charge in [-0.3, -0.25) is 0 Å². The highest BCUT2D eigenvalue weighted by molar-refractivity contribution is 5.27. The molecule has 4 rings (SSSR count). The zero-order valence-corrected chi connectivity index (χ0v) is 14.5. The molecule has 0 amide bonds. The maximum atomic E-state index is 6.51. The summed E-state index contributed by atoms with van der Waals surface area (Å²) in [6.45, 7) is 2.07. The highest BCUT2D eigenvalue weighted by atomic mass is 16.8. The molecule has 0 radical (unpaired) electrons. The van der Waals surface area contributed by atoms with Gasteiger partial charge in [-0.05, 0) is 30.4 Å². The van der Waals surface area contributed by atoms with E-state index in [0.717, 1.165) is 24.0 Å². The van der Waals surface area contributed by atoms with Crippen LogP contribution in [-0.2, 0) is 9.47 Å². The Labute approximate surface area is 149 Å². The Hall–Kier alpha value is -2.16. The van der Waals surface area contributed by atoms with Gasteiger partial charge in [-0.2, -0.15) is 0 Å². The van der Waals surface area contributed by atoms with Crippen LogP contribution in [0.15, 0.2) is 85.0 Å². The third kappa shape index (κ3) is 3.60. The molecule has 2 atom stereocenters. The van der Waals surface area contributed by atoms with E-state index in [-0.39, 0.29) is 12.2 Å². The lowest BCUT2D eigenvalue weighted by atomic mass is 9.95. The van der Waals surface area contributed by atoms with Crippen molar-refractivity contribution in [2.75, 3.05) is 0 Å². The van der Waals surface area contributed by atoms with Gasteiger partial charge in [-0.25, -0.2) is 0 Å². The fraction of sp³-hybridized carbons (Fsp3) is 0.304. The Bertz CT molecular complexity index is 689. The summed E-state index contributed by atoms with van der Waals surface area (Å²) in [6, 6.07) is 20.8. The maximum Gasteiger partial charge on any atom is 0.168 e. The lowest BCUT2D eigenvalue weighted by molar-refractivity contribution is -0.170. The number of hydrogen-bond acceptors (Lipinski definition) is 2. The molecule has 2 aliphatic rings. The Balaban J connectivity index is 1.63. The average Bonchev–Trinajstić information content (AvgIpc) is 3.01. The number of ether oxygens (including phenoxy) is 2. The van der Waals surface area contributed by atoms with Gasteiger partial charge in [0.25, 0.3) is 0 Å². The van der Waals surface area contributed by atoms with Gasteiger partial charge in [0.05, 0.1) is 0 Å². The molecule has 128 valence electrons.